The molecule has 1 unspecified atom stereocenters. The van der Waals surface area contributed by atoms with Gasteiger partial charge in [-0.25, -0.2) is 0 Å². The molecule has 2 aromatic rings. The summed E-state index contributed by atoms with van der Waals surface area (Å²) in [6.07, 6.45) is 3.19. The SMILES string of the molecule is CCN1c2cc(C(=O)Nc3ccc(OC)c(OC)c3)ccc2C(=O)N2CCCCC21. The van der Waals surface area contributed by atoms with Gasteiger partial charge in [0.1, 0.15) is 6.17 Å². The van der Waals surface area contributed by atoms with Crippen molar-refractivity contribution in [2.75, 3.05) is 37.5 Å². The molecule has 0 aliphatic carbocycles. The molecule has 0 spiro atoms. The number of methoxy groups -OCH3 is 2. The number of amides is 2. The molecule has 1 fully saturated rings. The number of anilines is 2. The van der Waals surface area contributed by atoms with Gasteiger partial charge in [-0.15, -0.1) is 0 Å². The van der Waals surface area contributed by atoms with E-state index in [0.29, 0.717) is 28.3 Å². The fourth-order valence-corrected chi connectivity index (χ4v) is 4.38. The topological polar surface area (TPSA) is 71.1 Å². The van der Waals surface area contributed by atoms with Gasteiger partial charge in [0.15, 0.2) is 11.5 Å². The first kappa shape index (κ1) is 20.1. The number of hydrogen-bond acceptors (Lipinski definition) is 5. The van der Waals surface area contributed by atoms with E-state index in [2.05, 4.69) is 17.1 Å². The Morgan fingerprint density at radius 3 is 2.63 bits per heavy atom. The third kappa shape index (κ3) is 3.44. The molecule has 0 aromatic heterocycles. The van der Waals surface area contributed by atoms with E-state index < -0.39 is 0 Å². The molecular weight excluding hydrogens is 382 g/mol. The van der Waals surface area contributed by atoms with Crippen molar-refractivity contribution in [3.05, 3.63) is 47.5 Å². The lowest BCUT2D eigenvalue weighted by atomic mass is 9.97. The Hall–Kier alpha value is -3.22. The van der Waals surface area contributed by atoms with Crippen molar-refractivity contribution in [3.63, 3.8) is 0 Å². The number of ether oxygens (including phenoxy) is 2. The summed E-state index contributed by atoms with van der Waals surface area (Å²) in [5, 5.41) is 2.90. The Kier molecular flexibility index (Phi) is 5.53. The molecule has 7 nitrogen and oxygen atoms in total. The number of fused-ring (bicyclic) bond motifs is 2. The van der Waals surface area contributed by atoms with Crippen LogP contribution in [-0.4, -0.2) is 50.2 Å². The molecule has 0 saturated carbocycles. The maximum absolute atomic E-state index is 13.0. The van der Waals surface area contributed by atoms with Gasteiger partial charge in [0.2, 0.25) is 0 Å². The number of rotatable bonds is 5. The summed E-state index contributed by atoms with van der Waals surface area (Å²) in [5.41, 5.74) is 2.62. The monoisotopic (exact) mass is 409 g/mol. The zero-order chi connectivity index (χ0) is 21.3. The summed E-state index contributed by atoms with van der Waals surface area (Å²) in [6.45, 7) is 3.66. The van der Waals surface area contributed by atoms with Gasteiger partial charge >= 0.3 is 0 Å². The smallest absolute Gasteiger partial charge is 0.257 e. The Morgan fingerprint density at radius 1 is 1.10 bits per heavy atom. The summed E-state index contributed by atoms with van der Waals surface area (Å²) < 4.78 is 10.5. The quantitative estimate of drug-likeness (QED) is 0.814. The van der Waals surface area contributed by atoms with Crippen molar-refractivity contribution >= 4 is 23.2 Å². The predicted octanol–water partition coefficient (Wildman–Crippen LogP) is 3.75. The number of hydrogen-bond donors (Lipinski definition) is 1. The number of nitrogens with one attached hydrogen (secondary N) is 1. The lowest BCUT2D eigenvalue weighted by Gasteiger charge is -2.47. The van der Waals surface area contributed by atoms with E-state index in [1.165, 1.54) is 0 Å². The first-order valence-electron chi connectivity index (χ1n) is 10.3. The van der Waals surface area contributed by atoms with Crippen LogP contribution in [0.5, 0.6) is 11.5 Å². The van der Waals surface area contributed by atoms with Crippen molar-refractivity contribution in [3.8, 4) is 11.5 Å². The van der Waals surface area contributed by atoms with Crippen LogP contribution in [0, 0.1) is 0 Å². The summed E-state index contributed by atoms with van der Waals surface area (Å²) >= 11 is 0. The van der Waals surface area contributed by atoms with Gasteiger partial charge in [-0.2, -0.15) is 0 Å². The van der Waals surface area contributed by atoms with Crippen LogP contribution in [0.25, 0.3) is 0 Å². The fourth-order valence-electron chi connectivity index (χ4n) is 4.38. The minimum absolute atomic E-state index is 0.0613. The van der Waals surface area contributed by atoms with Crippen molar-refractivity contribution < 1.29 is 19.1 Å². The van der Waals surface area contributed by atoms with E-state index >= 15 is 0 Å². The molecule has 0 radical (unpaired) electrons. The van der Waals surface area contributed by atoms with Crippen molar-refractivity contribution in [2.45, 2.75) is 32.4 Å². The van der Waals surface area contributed by atoms with Gasteiger partial charge in [-0.05, 0) is 56.5 Å². The number of carbonyl (C=O) groups is 2. The van der Waals surface area contributed by atoms with E-state index in [1.807, 2.05) is 11.0 Å². The van der Waals surface area contributed by atoms with E-state index in [1.54, 1.807) is 44.6 Å². The summed E-state index contributed by atoms with van der Waals surface area (Å²) in [6, 6.07) is 10.5. The van der Waals surface area contributed by atoms with Crippen LogP contribution in [0.1, 0.15) is 46.9 Å². The molecule has 4 rings (SSSR count). The Balaban J connectivity index is 1.62. The van der Waals surface area contributed by atoms with Crippen molar-refractivity contribution in [2.24, 2.45) is 0 Å². The Morgan fingerprint density at radius 2 is 1.90 bits per heavy atom. The molecule has 0 bridgehead atoms. The normalized spacial score (nSPS) is 17.8. The van der Waals surface area contributed by atoms with Gasteiger partial charge in [0, 0.05) is 30.4 Å². The second kappa shape index (κ2) is 8.26. The van der Waals surface area contributed by atoms with Crippen molar-refractivity contribution in [1.82, 2.24) is 4.90 Å². The minimum Gasteiger partial charge on any atom is -0.493 e. The van der Waals surface area contributed by atoms with Gasteiger partial charge in [-0.3, -0.25) is 9.59 Å². The highest BCUT2D eigenvalue weighted by Crippen LogP contribution is 2.36. The van der Waals surface area contributed by atoms with Gasteiger partial charge in [0.25, 0.3) is 11.8 Å². The molecule has 2 amide bonds. The lowest BCUT2D eigenvalue weighted by Crippen LogP contribution is -2.57. The van der Waals surface area contributed by atoms with Gasteiger partial charge in [-0.1, -0.05) is 0 Å². The predicted molar refractivity (Wildman–Crippen MR) is 116 cm³/mol. The molecule has 30 heavy (non-hydrogen) atoms. The first-order valence-corrected chi connectivity index (χ1v) is 10.3. The third-order valence-corrected chi connectivity index (χ3v) is 5.87. The van der Waals surface area contributed by atoms with E-state index in [4.69, 9.17) is 9.47 Å². The second-order valence-electron chi connectivity index (χ2n) is 7.52. The highest BCUT2D eigenvalue weighted by molar-refractivity contribution is 6.08. The largest absolute Gasteiger partial charge is 0.493 e. The average molecular weight is 409 g/mol. The molecule has 2 aliphatic heterocycles. The van der Waals surface area contributed by atoms with Gasteiger partial charge in [0.05, 0.1) is 25.5 Å². The lowest BCUT2D eigenvalue weighted by molar-refractivity contribution is 0.0582. The molecule has 1 atom stereocenters. The molecule has 7 heteroatoms. The molecule has 1 N–H and O–H groups in total. The maximum Gasteiger partial charge on any atom is 0.257 e. The van der Waals surface area contributed by atoms with Gasteiger partial charge < -0.3 is 24.6 Å². The summed E-state index contributed by atoms with van der Waals surface area (Å²) in [5.74, 6) is 0.963. The third-order valence-electron chi connectivity index (χ3n) is 5.87. The minimum atomic E-state index is -0.236. The van der Waals surface area contributed by atoms with E-state index in [-0.39, 0.29) is 18.0 Å². The highest BCUT2D eigenvalue weighted by atomic mass is 16.5. The Bertz CT molecular complexity index is 975. The molecular formula is C23H27N3O4. The van der Waals surface area contributed by atoms with E-state index in [0.717, 1.165) is 38.0 Å². The second-order valence-corrected chi connectivity index (χ2v) is 7.52. The highest BCUT2D eigenvalue weighted by Gasteiger charge is 2.38. The van der Waals surface area contributed by atoms with Crippen LogP contribution >= 0.6 is 0 Å². The molecule has 2 aromatic carbocycles. The zero-order valence-electron chi connectivity index (χ0n) is 17.6. The molecule has 2 heterocycles. The molecule has 158 valence electrons. The molecule has 1 saturated heterocycles. The molecule has 2 aliphatic rings. The summed E-state index contributed by atoms with van der Waals surface area (Å²) in [4.78, 5) is 30.1. The van der Waals surface area contributed by atoms with Crippen LogP contribution in [0.2, 0.25) is 0 Å². The standard InChI is InChI=1S/C23H27N3O4/c1-4-25-18-13-15(8-10-17(18)23(28)26-12-6-5-7-21(25)26)22(27)24-16-9-11-19(29-2)20(14-16)30-3/h8-11,13-14,21H,4-7,12H2,1-3H3,(H,24,27). The number of piperidine rings is 1. The number of carbonyl (C=O) groups excluding carboxylic acids is 2. The van der Waals surface area contributed by atoms with Crippen molar-refractivity contribution in [1.29, 1.82) is 0 Å². The maximum atomic E-state index is 13.0. The van der Waals surface area contributed by atoms with Crippen LogP contribution < -0.4 is 19.7 Å². The van der Waals surface area contributed by atoms with Crippen LogP contribution in [0.4, 0.5) is 11.4 Å². The average Bonchev–Trinajstić information content (AvgIpc) is 2.79. The Labute approximate surface area is 176 Å². The van der Waals surface area contributed by atoms with Crippen LogP contribution in [0.15, 0.2) is 36.4 Å². The number of nitrogens with zero attached hydrogens (tertiary/aromatic N) is 2. The van der Waals surface area contributed by atoms with Crippen LogP contribution in [0.3, 0.4) is 0 Å². The van der Waals surface area contributed by atoms with Crippen LogP contribution in [-0.2, 0) is 0 Å². The first-order chi connectivity index (χ1) is 14.6. The summed E-state index contributed by atoms with van der Waals surface area (Å²) in [7, 11) is 3.12. The zero-order valence-corrected chi connectivity index (χ0v) is 17.6. The van der Waals surface area contributed by atoms with E-state index in [9.17, 15) is 9.59 Å². The number of benzene rings is 2. The fraction of sp³-hybridized carbons (Fsp3) is 0.391.